The number of nitrogens with zero attached hydrogens (tertiary/aromatic N) is 1. The van der Waals surface area contributed by atoms with Crippen molar-refractivity contribution in [3.63, 3.8) is 0 Å². The maximum absolute atomic E-state index is 11.8. The van der Waals surface area contributed by atoms with Crippen molar-refractivity contribution < 1.29 is 13.2 Å². The first kappa shape index (κ1) is 18.9. The van der Waals surface area contributed by atoms with Gasteiger partial charge in [-0.15, -0.1) is 0 Å². The van der Waals surface area contributed by atoms with Gasteiger partial charge in [0.05, 0.1) is 6.26 Å². The van der Waals surface area contributed by atoms with E-state index in [0.717, 1.165) is 11.8 Å². The first-order valence-electron chi connectivity index (χ1n) is 7.18. The van der Waals surface area contributed by atoms with Gasteiger partial charge in [-0.2, -0.15) is 4.31 Å². The van der Waals surface area contributed by atoms with Crippen molar-refractivity contribution in [2.45, 2.75) is 32.7 Å². The Morgan fingerprint density at radius 3 is 2.59 bits per heavy atom. The van der Waals surface area contributed by atoms with Crippen LogP contribution in [0.15, 0.2) is 24.3 Å². The van der Waals surface area contributed by atoms with E-state index in [1.54, 1.807) is 19.9 Å². The molecule has 1 rings (SSSR count). The highest BCUT2D eigenvalue weighted by molar-refractivity contribution is 7.88. The van der Waals surface area contributed by atoms with Gasteiger partial charge in [0.1, 0.15) is 0 Å². The molecule has 0 heterocycles. The molecule has 22 heavy (non-hydrogen) atoms. The maximum Gasteiger partial charge on any atom is 0.221 e. The monoisotopic (exact) mass is 346 g/mol. The number of hydrogen-bond donors (Lipinski definition) is 1. The van der Waals surface area contributed by atoms with Crippen LogP contribution in [0.4, 0.5) is 0 Å². The number of amides is 1. The molecule has 1 aromatic rings. The molecule has 0 fully saturated rings. The number of hydrogen-bond acceptors (Lipinski definition) is 3. The third kappa shape index (κ3) is 6.77. The van der Waals surface area contributed by atoms with Crippen LogP contribution in [0.25, 0.3) is 0 Å². The average molecular weight is 347 g/mol. The zero-order chi connectivity index (χ0) is 16.8. The molecule has 0 aromatic heterocycles. The minimum absolute atomic E-state index is 0.154. The summed E-state index contributed by atoms with van der Waals surface area (Å²) < 4.78 is 24.5. The molecule has 0 saturated carbocycles. The van der Waals surface area contributed by atoms with Crippen LogP contribution < -0.4 is 5.32 Å². The second-order valence-electron chi connectivity index (χ2n) is 5.45. The Kier molecular flexibility index (Phi) is 7.32. The summed E-state index contributed by atoms with van der Waals surface area (Å²) in [4.78, 5) is 11.8. The van der Waals surface area contributed by atoms with Crippen molar-refractivity contribution in [1.82, 2.24) is 9.62 Å². The van der Waals surface area contributed by atoms with E-state index in [2.05, 4.69) is 5.32 Å². The highest BCUT2D eigenvalue weighted by atomic mass is 35.5. The molecular weight excluding hydrogens is 324 g/mol. The van der Waals surface area contributed by atoms with Crippen LogP contribution in [0.5, 0.6) is 0 Å². The number of rotatable bonds is 8. The van der Waals surface area contributed by atoms with Gasteiger partial charge in [0.25, 0.3) is 0 Å². The van der Waals surface area contributed by atoms with Gasteiger partial charge in [0.15, 0.2) is 0 Å². The lowest BCUT2D eigenvalue weighted by atomic mass is 10.1. The molecule has 0 atom stereocenters. The zero-order valence-electron chi connectivity index (χ0n) is 13.2. The van der Waals surface area contributed by atoms with E-state index in [-0.39, 0.29) is 24.9 Å². The van der Waals surface area contributed by atoms with Crippen LogP contribution in [0.3, 0.4) is 0 Å². The topological polar surface area (TPSA) is 66.5 Å². The Balaban J connectivity index is 2.37. The average Bonchev–Trinajstić information content (AvgIpc) is 2.36. The lowest BCUT2D eigenvalue weighted by molar-refractivity contribution is -0.121. The van der Waals surface area contributed by atoms with E-state index in [1.165, 1.54) is 4.31 Å². The normalized spacial score (nSPS) is 11.9. The van der Waals surface area contributed by atoms with E-state index in [1.807, 2.05) is 18.2 Å². The van der Waals surface area contributed by atoms with Gasteiger partial charge in [-0.25, -0.2) is 8.42 Å². The van der Waals surface area contributed by atoms with Crippen LogP contribution >= 0.6 is 11.6 Å². The van der Waals surface area contributed by atoms with Crippen LogP contribution in [0.1, 0.15) is 25.8 Å². The summed E-state index contributed by atoms with van der Waals surface area (Å²) in [6.45, 7) is 4.27. The Morgan fingerprint density at radius 2 is 2.05 bits per heavy atom. The Bertz CT molecular complexity index is 603. The minimum atomic E-state index is -3.29. The predicted octanol–water partition coefficient (Wildman–Crippen LogP) is 2.06. The Labute approximate surface area is 137 Å². The molecular formula is C15H23ClN2O3S. The fraction of sp³-hybridized carbons (Fsp3) is 0.533. The number of nitrogens with one attached hydrogen (secondary N) is 1. The van der Waals surface area contributed by atoms with E-state index in [0.29, 0.717) is 18.0 Å². The van der Waals surface area contributed by atoms with Crippen molar-refractivity contribution in [2.24, 2.45) is 0 Å². The molecule has 0 aliphatic heterocycles. The molecule has 1 N–H and O–H groups in total. The van der Waals surface area contributed by atoms with Gasteiger partial charge < -0.3 is 5.32 Å². The summed E-state index contributed by atoms with van der Waals surface area (Å²) in [6.07, 6.45) is 2.00. The van der Waals surface area contributed by atoms with E-state index < -0.39 is 10.0 Å². The fourth-order valence-corrected chi connectivity index (χ4v) is 3.55. The lowest BCUT2D eigenvalue weighted by Crippen LogP contribution is -2.39. The number of carbonyl (C=O) groups excluding carboxylic acids is 1. The van der Waals surface area contributed by atoms with Crippen molar-refractivity contribution in [1.29, 1.82) is 0 Å². The molecule has 1 amide bonds. The first-order valence-corrected chi connectivity index (χ1v) is 9.40. The number of benzene rings is 1. The molecule has 0 saturated heterocycles. The second-order valence-corrected chi connectivity index (χ2v) is 7.82. The van der Waals surface area contributed by atoms with Crippen LogP contribution in [0, 0.1) is 0 Å². The highest BCUT2D eigenvalue weighted by Crippen LogP contribution is 2.10. The Morgan fingerprint density at radius 1 is 1.36 bits per heavy atom. The molecule has 0 unspecified atom stereocenters. The number of sulfonamides is 1. The smallest absolute Gasteiger partial charge is 0.221 e. The van der Waals surface area contributed by atoms with Gasteiger partial charge in [0.2, 0.25) is 15.9 Å². The largest absolute Gasteiger partial charge is 0.356 e. The summed E-state index contributed by atoms with van der Waals surface area (Å²) >= 11 is 5.89. The molecule has 0 aliphatic rings. The lowest BCUT2D eigenvalue weighted by Gasteiger charge is -2.23. The molecule has 5 nitrogen and oxygen atoms in total. The molecule has 0 aliphatic carbocycles. The zero-order valence-corrected chi connectivity index (χ0v) is 14.7. The summed E-state index contributed by atoms with van der Waals surface area (Å²) in [5.74, 6) is -0.156. The van der Waals surface area contributed by atoms with Gasteiger partial charge in [-0.1, -0.05) is 23.7 Å². The quantitative estimate of drug-likeness (QED) is 0.783. The van der Waals surface area contributed by atoms with Crippen molar-refractivity contribution in [2.75, 3.05) is 19.3 Å². The van der Waals surface area contributed by atoms with E-state index >= 15 is 0 Å². The number of halogens is 1. The maximum atomic E-state index is 11.8. The summed E-state index contributed by atoms with van der Waals surface area (Å²) in [5.41, 5.74) is 1.05. The highest BCUT2D eigenvalue weighted by Gasteiger charge is 2.20. The van der Waals surface area contributed by atoms with E-state index in [9.17, 15) is 13.2 Å². The van der Waals surface area contributed by atoms with Crippen LogP contribution in [-0.2, 0) is 21.2 Å². The van der Waals surface area contributed by atoms with Gasteiger partial charge in [0, 0.05) is 30.6 Å². The molecule has 0 radical (unpaired) electrons. The van der Waals surface area contributed by atoms with Crippen LogP contribution in [0.2, 0.25) is 5.02 Å². The molecule has 124 valence electrons. The van der Waals surface area contributed by atoms with Gasteiger partial charge in [-0.3, -0.25) is 4.79 Å². The SMILES string of the molecule is CC(C)N(CCC(=O)NCCc1cccc(Cl)c1)S(C)(=O)=O. The van der Waals surface area contributed by atoms with Gasteiger partial charge >= 0.3 is 0 Å². The van der Waals surface area contributed by atoms with Crippen molar-refractivity contribution in [3.8, 4) is 0 Å². The number of carbonyl (C=O) groups is 1. The molecule has 0 spiro atoms. The fourth-order valence-electron chi connectivity index (χ4n) is 2.15. The van der Waals surface area contributed by atoms with Crippen molar-refractivity contribution in [3.05, 3.63) is 34.9 Å². The third-order valence-corrected chi connectivity index (χ3v) is 4.88. The Hall–Kier alpha value is -1.11. The standard InChI is InChI=1S/C15H23ClN2O3S/c1-12(2)18(22(3,20)21)10-8-15(19)17-9-7-13-5-4-6-14(16)11-13/h4-6,11-12H,7-10H2,1-3H3,(H,17,19). The van der Waals surface area contributed by atoms with Gasteiger partial charge in [-0.05, 0) is 38.0 Å². The summed E-state index contributed by atoms with van der Waals surface area (Å²) in [5, 5.41) is 3.46. The van der Waals surface area contributed by atoms with Crippen molar-refractivity contribution >= 4 is 27.5 Å². The minimum Gasteiger partial charge on any atom is -0.356 e. The van der Waals surface area contributed by atoms with E-state index in [4.69, 9.17) is 11.6 Å². The second kappa shape index (κ2) is 8.50. The first-order chi connectivity index (χ1) is 10.2. The molecule has 0 bridgehead atoms. The third-order valence-electron chi connectivity index (χ3n) is 3.19. The molecule has 1 aromatic carbocycles. The van der Waals surface area contributed by atoms with Crippen LogP contribution in [-0.4, -0.2) is 44.0 Å². The molecule has 7 heteroatoms. The predicted molar refractivity (Wildman–Crippen MR) is 89.5 cm³/mol. The summed E-state index contributed by atoms with van der Waals surface area (Å²) in [6, 6.07) is 7.32. The summed E-state index contributed by atoms with van der Waals surface area (Å²) in [7, 11) is -3.29.